The second-order valence-corrected chi connectivity index (χ2v) is 5.09. The number of amides is 1. The lowest BCUT2D eigenvalue weighted by Gasteiger charge is -2.37. The molecule has 3 rings (SSSR count). The molecule has 2 aliphatic rings. The maximum Gasteiger partial charge on any atom is 0.255 e. The highest BCUT2D eigenvalue weighted by molar-refractivity contribution is 5.99. The maximum atomic E-state index is 12.2. The first-order chi connectivity index (χ1) is 9.21. The minimum Gasteiger partial charge on any atom is -0.367 e. The molecule has 1 aromatic rings. The van der Waals surface area contributed by atoms with E-state index < -0.39 is 5.60 Å². The van der Waals surface area contributed by atoms with Crippen LogP contribution in [0.3, 0.4) is 0 Å². The molecular formula is C14H16N2O3. The summed E-state index contributed by atoms with van der Waals surface area (Å²) in [5.74, 6) is -0.0946. The fourth-order valence-corrected chi connectivity index (χ4v) is 2.81. The molecule has 19 heavy (non-hydrogen) atoms. The summed E-state index contributed by atoms with van der Waals surface area (Å²) in [5, 5.41) is 0. The van der Waals surface area contributed by atoms with Crippen molar-refractivity contribution < 1.29 is 14.3 Å². The molecule has 0 unspecified atom stereocenters. The molecule has 3 heterocycles. The molecule has 1 atom stereocenters. The second kappa shape index (κ2) is 4.74. The zero-order valence-corrected chi connectivity index (χ0v) is 10.7. The number of ketones is 1. The smallest absolute Gasteiger partial charge is 0.255 e. The lowest BCUT2D eigenvalue weighted by Crippen LogP contribution is -2.53. The van der Waals surface area contributed by atoms with Crippen molar-refractivity contribution in [2.75, 3.05) is 19.7 Å². The van der Waals surface area contributed by atoms with Crippen LogP contribution in [0.5, 0.6) is 0 Å². The Morgan fingerprint density at radius 1 is 1.42 bits per heavy atom. The van der Waals surface area contributed by atoms with Crippen LogP contribution in [0, 0.1) is 0 Å². The molecule has 0 saturated carbocycles. The van der Waals surface area contributed by atoms with E-state index in [1.54, 1.807) is 23.2 Å². The van der Waals surface area contributed by atoms with Gasteiger partial charge in [-0.3, -0.25) is 14.6 Å². The molecular weight excluding hydrogens is 244 g/mol. The molecule has 5 nitrogen and oxygen atoms in total. The van der Waals surface area contributed by atoms with Crippen LogP contribution in [-0.2, 0) is 9.53 Å². The summed E-state index contributed by atoms with van der Waals surface area (Å²) in [6.07, 6.45) is 5.49. The van der Waals surface area contributed by atoms with Crippen LogP contribution >= 0.6 is 0 Å². The predicted molar refractivity (Wildman–Crippen MR) is 67.7 cm³/mol. The molecule has 1 amide bonds. The van der Waals surface area contributed by atoms with Crippen molar-refractivity contribution in [2.24, 2.45) is 0 Å². The topological polar surface area (TPSA) is 59.5 Å². The third-order valence-electron chi connectivity index (χ3n) is 3.93. The zero-order chi connectivity index (χ0) is 13.3. The van der Waals surface area contributed by atoms with Gasteiger partial charge in [0, 0.05) is 32.0 Å². The fourth-order valence-electron chi connectivity index (χ4n) is 2.81. The molecule has 0 N–H and O–H groups in total. The summed E-state index contributed by atoms with van der Waals surface area (Å²) < 4.78 is 5.63. The highest BCUT2D eigenvalue weighted by atomic mass is 16.5. The first kappa shape index (κ1) is 12.3. The Labute approximate surface area is 111 Å². The van der Waals surface area contributed by atoms with Crippen LogP contribution < -0.4 is 0 Å². The summed E-state index contributed by atoms with van der Waals surface area (Å²) in [7, 11) is 0. The van der Waals surface area contributed by atoms with Crippen LogP contribution in [0.4, 0.5) is 0 Å². The van der Waals surface area contributed by atoms with Gasteiger partial charge < -0.3 is 9.64 Å². The Balaban J connectivity index is 1.72. The summed E-state index contributed by atoms with van der Waals surface area (Å²) in [6.45, 7) is 1.37. The van der Waals surface area contributed by atoms with Gasteiger partial charge in [0.05, 0.1) is 12.1 Å². The van der Waals surface area contributed by atoms with E-state index in [0.29, 0.717) is 25.1 Å². The van der Waals surface area contributed by atoms with Crippen molar-refractivity contribution in [1.82, 2.24) is 9.88 Å². The Bertz CT molecular complexity index is 495. The molecule has 100 valence electrons. The summed E-state index contributed by atoms with van der Waals surface area (Å²) in [6, 6.07) is 3.44. The number of aromatic nitrogens is 1. The Kier molecular flexibility index (Phi) is 3.06. The third-order valence-corrected chi connectivity index (χ3v) is 3.93. The number of ether oxygens (including phenoxy) is 1. The van der Waals surface area contributed by atoms with E-state index in [-0.39, 0.29) is 18.2 Å². The number of carbonyl (C=O) groups is 2. The number of likely N-dealkylation sites (tertiary alicyclic amines) is 1. The largest absolute Gasteiger partial charge is 0.367 e. The molecule has 1 spiro atoms. The van der Waals surface area contributed by atoms with Crippen molar-refractivity contribution in [2.45, 2.75) is 24.9 Å². The van der Waals surface area contributed by atoms with Gasteiger partial charge in [0.15, 0.2) is 5.78 Å². The third kappa shape index (κ3) is 2.14. The normalized spacial score (nSPS) is 26.9. The lowest BCUT2D eigenvalue weighted by molar-refractivity contribution is -0.144. The zero-order valence-electron chi connectivity index (χ0n) is 10.7. The molecule has 2 fully saturated rings. The van der Waals surface area contributed by atoms with Gasteiger partial charge in [-0.05, 0) is 25.0 Å². The quantitative estimate of drug-likeness (QED) is 0.757. The van der Waals surface area contributed by atoms with Gasteiger partial charge in [-0.1, -0.05) is 0 Å². The van der Waals surface area contributed by atoms with Gasteiger partial charge in [0.25, 0.3) is 5.91 Å². The molecule has 0 radical (unpaired) electrons. The summed E-state index contributed by atoms with van der Waals surface area (Å²) in [5.41, 5.74) is -0.0790. The lowest BCUT2D eigenvalue weighted by atomic mass is 9.87. The molecule has 2 aliphatic heterocycles. The molecule has 0 bridgehead atoms. The van der Waals surface area contributed by atoms with E-state index in [2.05, 4.69) is 4.98 Å². The van der Waals surface area contributed by atoms with Gasteiger partial charge in [0.2, 0.25) is 0 Å². The van der Waals surface area contributed by atoms with Crippen molar-refractivity contribution in [3.05, 3.63) is 30.1 Å². The minimum atomic E-state index is -0.605. The number of nitrogens with zero attached hydrogens (tertiary/aromatic N) is 2. The Morgan fingerprint density at radius 3 is 2.95 bits per heavy atom. The van der Waals surface area contributed by atoms with Gasteiger partial charge in [-0.25, -0.2) is 0 Å². The van der Waals surface area contributed by atoms with Crippen LogP contribution in [0.1, 0.15) is 29.6 Å². The van der Waals surface area contributed by atoms with Crippen molar-refractivity contribution >= 4 is 11.7 Å². The first-order valence-electron chi connectivity index (χ1n) is 6.58. The molecule has 0 aliphatic carbocycles. The van der Waals surface area contributed by atoms with E-state index in [9.17, 15) is 9.59 Å². The van der Waals surface area contributed by atoms with Crippen LogP contribution in [-0.4, -0.2) is 46.9 Å². The van der Waals surface area contributed by atoms with Crippen LogP contribution in [0.15, 0.2) is 24.5 Å². The van der Waals surface area contributed by atoms with Crippen molar-refractivity contribution in [3.63, 3.8) is 0 Å². The Hall–Kier alpha value is -1.75. The monoisotopic (exact) mass is 260 g/mol. The first-order valence-corrected chi connectivity index (χ1v) is 6.58. The number of hydrogen-bond acceptors (Lipinski definition) is 4. The van der Waals surface area contributed by atoms with Crippen LogP contribution in [0.2, 0.25) is 0 Å². The van der Waals surface area contributed by atoms with Crippen LogP contribution in [0.25, 0.3) is 0 Å². The van der Waals surface area contributed by atoms with Gasteiger partial charge in [-0.15, -0.1) is 0 Å². The number of hydrogen-bond donors (Lipinski definition) is 0. The number of piperidine rings is 1. The number of rotatable bonds is 1. The minimum absolute atomic E-state index is 0.0356. The highest BCUT2D eigenvalue weighted by Crippen LogP contribution is 2.33. The average molecular weight is 260 g/mol. The van der Waals surface area contributed by atoms with Crippen molar-refractivity contribution in [1.29, 1.82) is 0 Å². The second-order valence-electron chi connectivity index (χ2n) is 5.09. The standard InChI is InChI=1S/C14H16N2O3/c17-12-10-16(7-5-14(12)4-2-8-19-14)13(18)11-3-1-6-15-9-11/h1,3,6,9H,2,4-5,7-8,10H2/t14-/m1/s1. The Morgan fingerprint density at radius 2 is 2.32 bits per heavy atom. The van der Waals surface area contributed by atoms with Gasteiger partial charge in [0.1, 0.15) is 5.60 Å². The highest BCUT2D eigenvalue weighted by Gasteiger charge is 2.46. The number of carbonyl (C=O) groups excluding carboxylic acids is 2. The molecule has 1 aromatic heterocycles. The molecule has 0 aromatic carbocycles. The van der Waals surface area contributed by atoms with Gasteiger partial charge >= 0.3 is 0 Å². The molecule has 2 saturated heterocycles. The van der Waals surface area contributed by atoms with Gasteiger partial charge in [-0.2, -0.15) is 0 Å². The van der Waals surface area contributed by atoms with E-state index in [1.807, 2.05) is 0 Å². The number of Topliss-reactive ketones (excluding diaryl/α,β-unsaturated/α-hetero) is 1. The predicted octanol–water partition coefficient (Wildman–Crippen LogP) is 1.05. The van der Waals surface area contributed by atoms with Crippen molar-refractivity contribution in [3.8, 4) is 0 Å². The van der Waals surface area contributed by atoms with E-state index in [1.165, 1.54) is 6.20 Å². The summed E-state index contributed by atoms with van der Waals surface area (Å²) in [4.78, 5) is 30.0. The molecule has 5 heteroatoms. The van der Waals surface area contributed by atoms with E-state index in [0.717, 1.165) is 12.8 Å². The SMILES string of the molecule is O=C(c1cccnc1)N1CC[C@]2(CCCO2)C(=O)C1. The van der Waals surface area contributed by atoms with E-state index >= 15 is 0 Å². The summed E-state index contributed by atoms with van der Waals surface area (Å²) >= 11 is 0. The maximum absolute atomic E-state index is 12.2. The van der Waals surface area contributed by atoms with E-state index in [4.69, 9.17) is 4.74 Å². The number of pyridine rings is 1. The fraction of sp³-hybridized carbons (Fsp3) is 0.500. The average Bonchev–Trinajstić information content (AvgIpc) is 2.92.